The Bertz CT molecular complexity index is 402. The Balaban J connectivity index is 2.00. The molecule has 2 fully saturated rings. The molecule has 2 atom stereocenters. The maximum absolute atomic E-state index is 11.6. The van der Waals surface area contributed by atoms with Gasteiger partial charge in [-0.05, 0) is 39.5 Å². The van der Waals surface area contributed by atoms with E-state index in [1.807, 2.05) is 0 Å². The van der Waals surface area contributed by atoms with Crippen LogP contribution in [-0.2, 0) is 9.59 Å². The lowest BCUT2D eigenvalue weighted by atomic mass is 9.78. The second-order valence-corrected chi connectivity index (χ2v) is 5.19. The molecule has 0 aromatic heterocycles. The summed E-state index contributed by atoms with van der Waals surface area (Å²) in [6, 6.07) is 0. The molecule has 17 heavy (non-hydrogen) atoms. The molecule has 0 radical (unpaired) electrons. The van der Waals surface area contributed by atoms with Gasteiger partial charge in [-0.25, -0.2) is 0 Å². The van der Waals surface area contributed by atoms with Crippen LogP contribution in [0.25, 0.3) is 0 Å². The number of fused-ring (bicyclic) bond motifs is 1. The second kappa shape index (κ2) is 4.86. The van der Waals surface area contributed by atoms with Gasteiger partial charge in [-0.15, -0.1) is 0 Å². The van der Waals surface area contributed by atoms with E-state index in [-0.39, 0.29) is 23.7 Å². The first-order chi connectivity index (χ1) is 8.08. The highest BCUT2D eigenvalue weighted by atomic mass is 16.2. The minimum Gasteiger partial charge on any atom is -0.296 e. The van der Waals surface area contributed by atoms with Gasteiger partial charge in [0.2, 0.25) is 11.8 Å². The first-order valence-electron chi connectivity index (χ1n) is 6.24. The fraction of sp³-hybridized carbons (Fsp3) is 0.571. The highest BCUT2D eigenvalue weighted by Gasteiger charge is 2.43. The Labute approximate surface area is 102 Å². The number of carbonyl (C=O) groups is 2. The van der Waals surface area contributed by atoms with E-state index >= 15 is 0 Å². The van der Waals surface area contributed by atoms with Gasteiger partial charge >= 0.3 is 0 Å². The van der Waals surface area contributed by atoms with Crippen LogP contribution in [0.2, 0.25) is 0 Å². The number of hydrogen-bond acceptors (Lipinski definition) is 2. The molecule has 1 aliphatic heterocycles. The summed E-state index contributed by atoms with van der Waals surface area (Å²) in [6.45, 7) is 4.16. The minimum atomic E-state index is -0.103. The molecular formula is C14H19NO2. The van der Waals surface area contributed by atoms with Crippen molar-refractivity contribution in [3.05, 3.63) is 23.3 Å². The number of rotatable bonds is 2. The van der Waals surface area contributed by atoms with Crippen molar-refractivity contribution in [2.45, 2.75) is 39.5 Å². The molecule has 1 heterocycles. The molecule has 2 rings (SSSR count). The summed E-state index contributed by atoms with van der Waals surface area (Å²) in [6.07, 6.45) is 7.86. The molecule has 3 nitrogen and oxygen atoms in total. The van der Waals surface area contributed by atoms with Crippen molar-refractivity contribution in [1.29, 1.82) is 0 Å². The summed E-state index contributed by atoms with van der Waals surface area (Å²) in [4.78, 5) is 23.0. The average molecular weight is 233 g/mol. The van der Waals surface area contributed by atoms with Crippen LogP contribution in [0, 0.1) is 11.8 Å². The van der Waals surface area contributed by atoms with Crippen molar-refractivity contribution >= 4 is 11.8 Å². The molecule has 1 N–H and O–H groups in total. The van der Waals surface area contributed by atoms with Crippen molar-refractivity contribution in [3.63, 3.8) is 0 Å². The zero-order valence-electron chi connectivity index (χ0n) is 10.5. The third-order valence-electron chi connectivity index (χ3n) is 3.60. The number of imide groups is 1. The third-order valence-corrected chi connectivity index (χ3v) is 3.60. The molecule has 3 heteroatoms. The van der Waals surface area contributed by atoms with Crippen LogP contribution in [0.3, 0.4) is 0 Å². The van der Waals surface area contributed by atoms with Crippen LogP contribution in [0.1, 0.15) is 39.5 Å². The number of carbonyl (C=O) groups excluding carboxylic acids is 2. The number of amides is 2. The fourth-order valence-electron chi connectivity index (χ4n) is 2.61. The largest absolute Gasteiger partial charge is 0.296 e. The summed E-state index contributed by atoms with van der Waals surface area (Å²) >= 11 is 0. The van der Waals surface area contributed by atoms with E-state index in [1.54, 1.807) is 0 Å². The van der Waals surface area contributed by atoms with Crippen LogP contribution in [0.4, 0.5) is 0 Å². The number of nitrogens with one attached hydrogen (secondary N) is 1. The highest BCUT2D eigenvalue weighted by Crippen LogP contribution is 2.37. The molecule has 2 amide bonds. The van der Waals surface area contributed by atoms with E-state index in [2.05, 4.69) is 31.3 Å². The smallest absolute Gasteiger partial charge is 0.230 e. The lowest BCUT2D eigenvalue weighted by Crippen LogP contribution is -2.23. The molecule has 0 aromatic carbocycles. The van der Waals surface area contributed by atoms with Gasteiger partial charge in [-0.3, -0.25) is 14.9 Å². The monoisotopic (exact) mass is 233 g/mol. The molecule has 0 aromatic rings. The van der Waals surface area contributed by atoms with Crippen molar-refractivity contribution in [3.8, 4) is 0 Å². The molecule has 2 aliphatic rings. The average Bonchev–Trinajstić information content (AvgIpc) is 2.54. The summed E-state index contributed by atoms with van der Waals surface area (Å²) < 4.78 is 0. The molecule has 92 valence electrons. The topological polar surface area (TPSA) is 46.2 Å². The Kier molecular flexibility index (Phi) is 3.46. The normalized spacial score (nSPS) is 30.1. The van der Waals surface area contributed by atoms with Gasteiger partial charge in [-0.1, -0.05) is 23.3 Å². The van der Waals surface area contributed by atoms with Gasteiger partial charge in [-0.2, -0.15) is 0 Å². The second-order valence-electron chi connectivity index (χ2n) is 5.19. The minimum absolute atomic E-state index is 0.0663. The van der Waals surface area contributed by atoms with Crippen molar-refractivity contribution in [2.75, 3.05) is 0 Å². The number of hydrogen-bond donors (Lipinski definition) is 1. The Morgan fingerprint density at radius 2 is 2.00 bits per heavy atom. The van der Waals surface area contributed by atoms with Crippen LogP contribution >= 0.6 is 0 Å². The van der Waals surface area contributed by atoms with Gasteiger partial charge < -0.3 is 0 Å². The van der Waals surface area contributed by atoms with E-state index in [1.165, 1.54) is 11.1 Å². The summed E-state index contributed by atoms with van der Waals surface area (Å²) in [7, 11) is 0. The quantitative estimate of drug-likeness (QED) is 0.588. The van der Waals surface area contributed by atoms with Crippen molar-refractivity contribution < 1.29 is 9.59 Å². The lowest BCUT2D eigenvalue weighted by Gasteiger charge is -2.23. The maximum Gasteiger partial charge on any atom is 0.230 e. The van der Waals surface area contributed by atoms with Gasteiger partial charge in [0, 0.05) is 0 Å². The van der Waals surface area contributed by atoms with Crippen molar-refractivity contribution in [1.82, 2.24) is 5.32 Å². The lowest BCUT2D eigenvalue weighted by molar-refractivity contribution is -0.126. The summed E-state index contributed by atoms with van der Waals surface area (Å²) in [5.41, 5.74) is 2.64. The van der Waals surface area contributed by atoms with E-state index in [4.69, 9.17) is 0 Å². The fourth-order valence-corrected chi connectivity index (χ4v) is 2.61. The SMILES string of the molecule is CC(C)=CC/C=C1/CCC2C(=O)NC(=O)C2C1. The maximum atomic E-state index is 11.6. The van der Waals surface area contributed by atoms with Crippen LogP contribution < -0.4 is 5.32 Å². The van der Waals surface area contributed by atoms with Crippen LogP contribution in [-0.4, -0.2) is 11.8 Å². The van der Waals surface area contributed by atoms with E-state index < -0.39 is 0 Å². The summed E-state index contributed by atoms with van der Waals surface area (Å²) in [5, 5.41) is 2.44. The Morgan fingerprint density at radius 1 is 1.29 bits per heavy atom. The molecule has 0 bridgehead atoms. The molecule has 0 spiro atoms. The van der Waals surface area contributed by atoms with Crippen LogP contribution in [0.5, 0.6) is 0 Å². The van der Waals surface area contributed by atoms with E-state index in [0.717, 1.165) is 25.7 Å². The molecule has 1 saturated carbocycles. The highest BCUT2D eigenvalue weighted by molar-refractivity contribution is 6.05. The first-order valence-corrected chi connectivity index (χ1v) is 6.24. The third kappa shape index (κ3) is 2.65. The molecular weight excluding hydrogens is 214 g/mol. The van der Waals surface area contributed by atoms with Gasteiger partial charge in [0.15, 0.2) is 0 Å². The molecule has 2 unspecified atom stereocenters. The predicted octanol–water partition coefficient (Wildman–Crippen LogP) is 2.34. The zero-order valence-corrected chi connectivity index (χ0v) is 10.5. The van der Waals surface area contributed by atoms with Gasteiger partial charge in [0.25, 0.3) is 0 Å². The standard InChI is InChI=1S/C14H19NO2/c1-9(2)4-3-5-10-6-7-11-12(8-10)14(17)15-13(11)16/h4-5,11-12H,3,6-8H2,1-2H3,(H,15,16,17)/b10-5-. The first kappa shape index (κ1) is 12.1. The molecule has 1 aliphatic carbocycles. The van der Waals surface area contributed by atoms with Crippen LogP contribution in [0.15, 0.2) is 23.3 Å². The van der Waals surface area contributed by atoms with Gasteiger partial charge in [0.1, 0.15) is 0 Å². The summed E-state index contributed by atoms with van der Waals surface area (Å²) in [5.74, 6) is -0.312. The Morgan fingerprint density at radius 3 is 2.71 bits per heavy atom. The Hall–Kier alpha value is -1.38. The van der Waals surface area contributed by atoms with Gasteiger partial charge in [0.05, 0.1) is 11.8 Å². The predicted molar refractivity (Wildman–Crippen MR) is 66.1 cm³/mol. The van der Waals surface area contributed by atoms with Crippen molar-refractivity contribution in [2.24, 2.45) is 11.8 Å². The van der Waals surface area contributed by atoms with E-state index in [9.17, 15) is 9.59 Å². The van der Waals surface area contributed by atoms with E-state index in [0.29, 0.717) is 0 Å². The molecule has 1 saturated heterocycles. The zero-order chi connectivity index (χ0) is 12.4. The number of allylic oxidation sites excluding steroid dienone is 4.